The Bertz CT molecular complexity index is 170. The molecule has 1 aromatic carbocycles. The summed E-state index contributed by atoms with van der Waals surface area (Å²) in [5, 5.41) is 1.51. The second kappa shape index (κ2) is 3.54. The lowest BCUT2D eigenvalue weighted by Crippen LogP contribution is -2.10. The number of rotatable bonds is 2. The van der Waals surface area contributed by atoms with E-state index in [1.165, 1.54) is 10.8 Å². The monoisotopic (exact) mass is 151 g/mol. The third-order valence-electron chi connectivity index (χ3n) is 1.67. The second-order valence-corrected chi connectivity index (χ2v) is 3.90. The van der Waals surface area contributed by atoms with Crippen molar-refractivity contribution in [3.05, 3.63) is 29.8 Å². The highest BCUT2D eigenvalue weighted by Gasteiger charge is 1.88. The van der Waals surface area contributed by atoms with Gasteiger partial charge in [-0.25, -0.2) is 0 Å². The van der Waals surface area contributed by atoms with Gasteiger partial charge in [0.1, 0.15) is 0 Å². The third-order valence-corrected chi connectivity index (χ3v) is 2.95. The Morgan fingerprint density at radius 1 is 1.30 bits per heavy atom. The Morgan fingerprint density at radius 3 is 2.30 bits per heavy atom. The van der Waals surface area contributed by atoms with Crippen molar-refractivity contribution in [3.8, 4) is 0 Å². The highest BCUT2D eigenvalue weighted by Crippen LogP contribution is 1.93. The van der Waals surface area contributed by atoms with Gasteiger partial charge in [0.05, 0.1) is 9.52 Å². The fourth-order valence-electron chi connectivity index (χ4n) is 0.911. The van der Waals surface area contributed by atoms with Crippen LogP contribution in [0.25, 0.3) is 0 Å². The normalized spacial score (nSPS) is 11.0. The van der Waals surface area contributed by atoms with Gasteiger partial charge in [-0.1, -0.05) is 36.0 Å². The van der Waals surface area contributed by atoms with Gasteiger partial charge in [0, 0.05) is 6.54 Å². The molecule has 0 bridgehead atoms. The molecule has 0 saturated heterocycles. The molecular weight excluding hydrogens is 138 g/mol. The summed E-state index contributed by atoms with van der Waals surface area (Å²) in [4.78, 5) is 0. The molecule has 1 aromatic rings. The van der Waals surface area contributed by atoms with E-state index in [0.29, 0.717) is 6.54 Å². The van der Waals surface area contributed by atoms with Crippen molar-refractivity contribution in [2.75, 3.05) is 0 Å². The van der Waals surface area contributed by atoms with Crippen LogP contribution in [0.2, 0.25) is 6.55 Å². The summed E-state index contributed by atoms with van der Waals surface area (Å²) in [5.41, 5.74) is 6.68. The SMILES string of the molecule is C[SiH2]c1ccc(CN)cc1. The molecule has 1 rings (SSSR count). The molecule has 0 atom stereocenters. The molecule has 0 fully saturated rings. The van der Waals surface area contributed by atoms with Crippen LogP contribution in [0.1, 0.15) is 5.56 Å². The van der Waals surface area contributed by atoms with Crippen LogP contribution in [-0.2, 0) is 6.54 Å². The second-order valence-electron chi connectivity index (χ2n) is 2.37. The lowest BCUT2D eigenvalue weighted by atomic mass is 10.2. The minimum absolute atomic E-state index is 0.0268. The van der Waals surface area contributed by atoms with Crippen LogP contribution < -0.4 is 10.9 Å². The van der Waals surface area contributed by atoms with Crippen molar-refractivity contribution in [2.45, 2.75) is 13.1 Å². The molecule has 0 aliphatic rings. The van der Waals surface area contributed by atoms with Crippen LogP contribution in [0.5, 0.6) is 0 Å². The minimum Gasteiger partial charge on any atom is -0.326 e. The van der Waals surface area contributed by atoms with Crippen molar-refractivity contribution in [1.29, 1.82) is 0 Å². The zero-order valence-electron chi connectivity index (χ0n) is 6.30. The number of nitrogens with two attached hydrogens (primary N) is 1. The zero-order chi connectivity index (χ0) is 7.40. The van der Waals surface area contributed by atoms with Gasteiger partial charge in [-0.05, 0) is 5.56 Å². The van der Waals surface area contributed by atoms with Crippen molar-refractivity contribution in [2.24, 2.45) is 5.73 Å². The van der Waals surface area contributed by atoms with Gasteiger partial charge in [-0.15, -0.1) is 0 Å². The van der Waals surface area contributed by atoms with Crippen molar-refractivity contribution < 1.29 is 0 Å². The zero-order valence-corrected chi connectivity index (χ0v) is 7.72. The predicted octanol–water partition coefficient (Wildman–Crippen LogP) is -0.0125. The molecule has 0 saturated carbocycles. The predicted molar refractivity (Wildman–Crippen MR) is 48.4 cm³/mol. The van der Waals surface area contributed by atoms with Crippen LogP contribution in [-0.4, -0.2) is 9.52 Å². The van der Waals surface area contributed by atoms with Crippen LogP contribution in [0.3, 0.4) is 0 Å². The maximum Gasteiger partial charge on any atom is 0.0517 e. The fourth-order valence-corrected chi connectivity index (χ4v) is 1.62. The van der Waals surface area contributed by atoms with E-state index < -0.39 is 0 Å². The van der Waals surface area contributed by atoms with Crippen molar-refractivity contribution >= 4 is 14.7 Å². The average molecular weight is 151 g/mol. The molecule has 0 radical (unpaired) electrons. The lowest BCUT2D eigenvalue weighted by Gasteiger charge is -1.97. The van der Waals surface area contributed by atoms with Crippen LogP contribution in [0.4, 0.5) is 0 Å². The molecule has 54 valence electrons. The van der Waals surface area contributed by atoms with Gasteiger partial charge in [-0.2, -0.15) is 0 Å². The fraction of sp³-hybridized carbons (Fsp3) is 0.250. The van der Waals surface area contributed by atoms with E-state index in [4.69, 9.17) is 5.73 Å². The van der Waals surface area contributed by atoms with Crippen molar-refractivity contribution in [1.82, 2.24) is 0 Å². The van der Waals surface area contributed by atoms with Crippen LogP contribution >= 0.6 is 0 Å². The Balaban J connectivity index is 2.80. The molecule has 0 spiro atoms. The summed E-state index contributed by atoms with van der Waals surface area (Å²) in [7, 11) is 0.0268. The summed E-state index contributed by atoms with van der Waals surface area (Å²) in [6.45, 7) is 2.95. The number of benzene rings is 1. The van der Waals surface area contributed by atoms with Crippen LogP contribution in [0.15, 0.2) is 24.3 Å². The Morgan fingerprint density at radius 2 is 1.90 bits per heavy atom. The molecule has 0 amide bonds. The molecule has 2 heteroatoms. The molecule has 0 heterocycles. The molecule has 10 heavy (non-hydrogen) atoms. The Hall–Kier alpha value is -0.603. The first kappa shape index (κ1) is 7.50. The van der Waals surface area contributed by atoms with Crippen LogP contribution in [0, 0.1) is 0 Å². The number of hydrogen-bond donors (Lipinski definition) is 1. The molecule has 1 nitrogen and oxygen atoms in total. The van der Waals surface area contributed by atoms with Gasteiger partial charge in [0.15, 0.2) is 0 Å². The quantitative estimate of drug-likeness (QED) is 0.591. The van der Waals surface area contributed by atoms with E-state index in [1.807, 2.05) is 0 Å². The first-order chi connectivity index (χ1) is 4.86. The largest absolute Gasteiger partial charge is 0.326 e. The van der Waals surface area contributed by atoms with E-state index in [0.717, 1.165) is 0 Å². The summed E-state index contributed by atoms with van der Waals surface area (Å²) < 4.78 is 0. The molecule has 2 N–H and O–H groups in total. The third kappa shape index (κ3) is 1.69. The molecule has 0 aliphatic heterocycles. The highest BCUT2D eigenvalue weighted by molar-refractivity contribution is 6.51. The summed E-state index contributed by atoms with van der Waals surface area (Å²) in [6.07, 6.45) is 0. The highest BCUT2D eigenvalue weighted by atomic mass is 28.2. The maximum absolute atomic E-state index is 5.45. The summed E-state index contributed by atoms with van der Waals surface area (Å²) in [6, 6.07) is 8.61. The standard InChI is InChI=1S/C8H13NSi/c1-10-8-4-2-7(6-9)3-5-8/h2-5H,6,9-10H2,1H3. The lowest BCUT2D eigenvalue weighted by molar-refractivity contribution is 1.07. The van der Waals surface area contributed by atoms with E-state index in [-0.39, 0.29) is 9.52 Å². The molecule has 0 unspecified atom stereocenters. The van der Waals surface area contributed by atoms with Gasteiger partial charge >= 0.3 is 0 Å². The summed E-state index contributed by atoms with van der Waals surface area (Å²) in [5.74, 6) is 0. The van der Waals surface area contributed by atoms with Gasteiger partial charge in [-0.3, -0.25) is 0 Å². The average Bonchev–Trinajstić information content (AvgIpc) is 2.05. The van der Waals surface area contributed by atoms with Gasteiger partial charge in [0.2, 0.25) is 0 Å². The first-order valence-electron chi connectivity index (χ1n) is 3.64. The van der Waals surface area contributed by atoms with E-state index >= 15 is 0 Å². The van der Waals surface area contributed by atoms with E-state index in [9.17, 15) is 0 Å². The minimum atomic E-state index is 0.0268. The Labute approximate surface area is 64.1 Å². The molecule has 0 aliphatic carbocycles. The van der Waals surface area contributed by atoms with Crippen molar-refractivity contribution in [3.63, 3.8) is 0 Å². The smallest absolute Gasteiger partial charge is 0.0517 e. The number of hydrogen-bond acceptors (Lipinski definition) is 1. The summed E-state index contributed by atoms with van der Waals surface area (Å²) >= 11 is 0. The maximum atomic E-state index is 5.45. The Kier molecular flexibility index (Phi) is 2.65. The van der Waals surface area contributed by atoms with E-state index in [1.54, 1.807) is 0 Å². The first-order valence-corrected chi connectivity index (χ1v) is 5.77. The molecular formula is C8H13NSi. The molecule has 0 aromatic heterocycles. The van der Waals surface area contributed by atoms with E-state index in [2.05, 4.69) is 30.8 Å². The van der Waals surface area contributed by atoms with Gasteiger partial charge < -0.3 is 5.73 Å². The topological polar surface area (TPSA) is 26.0 Å². The van der Waals surface area contributed by atoms with Gasteiger partial charge in [0.25, 0.3) is 0 Å².